The molecule has 1 heterocycles. The number of aliphatic hydroxyl groups excluding tert-OH is 1. The number of allylic oxidation sites excluding steroid dienone is 2. The number of rotatable bonds is 7. The molecule has 0 aliphatic heterocycles. The molecule has 0 saturated heterocycles. The van der Waals surface area contributed by atoms with Crippen molar-refractivity contribution in [3.63, 3.8) is 0 Å². The third kappa shape index (κ3) is 4.83. The highest BCUT2D eigenvalue weighted by Gasteiger charge is 1.98. The predicted molar refractivity (Wildman–Crippen MR) is 90.2 cm³/mol. The minimum atomic E-state index is -0.199. The monoisotopic (exact) mass is 281 g/mol. The van der Waals surface area contributed by atoms with Gasteiger partial charge in [-0.25, -0.2) is 0 Å². The maximum Gasteiger partial charge on any atom is 0.0705 e. The molecule has 1 aromatic heterocycles. The first kappa shape index (κ1) is 15.5. The van der Waals surface area contributed by atoms with E-state index in [1.54, 1.807) is 0 Å². The molecule has 0 fully saturated rings. The Morgan fingerprint density at radius 2 is 2.14 bits per heavy atom. The van der Waals surface area contributed by atoms with Gasteiger partial charge in [-0.15, -0.1) is 6.58 Å². The Balaban J connectivity index is 2.03. The van der Waals surface area contributed by atoms with Crippen LogP contribution >= 0.6 is 0 Å². The highest BCUT2D eigenvalue weighted by Crippen LogP contribution is 2.17. The number of unbranched alkanes of at least 4 members (excludes halogenated alkanes) is 1. The Kier molecular flexibility index (Phi) is 5.70. The number of aliphatic hydroxyl groups is 1. The molecule has 21 heavy (non-hydrogen) atoms. The zero-order valence-electron chi connectivity index (χ0n) is 12.6. The molecule has 0 aliphatic carbocycles. The average Bonchev–Trinajstić information content (AvgIpc) is 2.47. The van der Waals surface area contributed by atoms with Crippen LogP contribution in [-0.4, -0.2) is 16.2 Å². The fourth-order valence-corrected chi connectivity index (χ4v) is 2.30. The molecule has 0 saturated carbocycles. The number of hydrogen-bond acceptors (Lipinski definition) is 2. The highest BCUT2D eigenvalue weighted by molar-refractivity contribution is 5.81. The summed E-state index contributed by atoms with van der Waals surface area (Å²) in [6.07, 6.45) is 9.67. The van der Waals surface area contributed by atoms with Crippen LogP contribution in [-0.2, 0) is 6.42 Å². The molecule has 1 N–H and O–H groups in total. The van der Waals surface area contributed by atoms with Gasteiger partial charge >= 0.3 is 0 Å². The topological polar surface area (TPSA) is 33.1 Å². The van der Waals surface area contributed by atoms with Crippen molar-refractivity contribution in [2.45, 2.75) is 38.7 Å². The normalized spacial score (nSPS) is 12.9. The van der Waals surface area contributed by atoms with Crippen molar-refractivity contribution in [3.8, 4) is 0 Å². The van der Waals surface area contributed by atoms with Gasteiger partial charge < -0.3 is 5.11 Å². The third-order valence-corrected chi connectivity index (χ3v) is 3.43. The summed E-state index contributed by atoms with van der Waals surface area (Å²) in [5.41, 5.74) is 3.28. The van der Waals surface area contributed by atoms with Gasteiger partial charge in [0, 0.05) is 17.5 Å². The van der Waals surface area contributed by atoms with Gasteiger partial charge in [0.25, 0.3) is 0 Å². The lowest BCUT2D eigenvalue weighted by atomic mass is 10.1. The maximum atomic E-state index is 9.21. The van der Waals surface area contributed by atoms with Gasteiger partial charge in [-0.2, -0.15) is 0 Å². The van der Waals surface area contributed by atoms with Gasteiger partial charge in [0.2, 0.25) is 0 Å². The Labute approximate surface area is 126 Å². The summed E-state index contributed by atoms with van der Waals surface area (Å²) in [7, 11) is 0. The lowest BCUT2D eigenvalue weighted by Crippen LogP contribution is -1.97. The lowest BCUT2D eigenvalue weighted by molar-refractivity contribution is 0.182. The van der Waals surface area contributed by atoms with Gasteiger partial charge in [-0.1, -0.05) is 30.4 Å². The van der Waals surface area contributed by atoms with Crippen LogP contribution in [0.5, 0.6) is 0 Å². The number of benzene rings is 1. The molecule has 110 valence electrons. The SMILES string of the molecule is C=CCc1ccc2cc(C=CCCCC(C)O)ccc2n1. The molecule has 2 heteroatoms. The second-order valence-corrected chi connectivity index (χ2v) is 5.43. The van der Waals surface area contributed by atoms with Crippen LogP contribution < -0.4 is 0 Å². The summed E-state index contributed by atoms with van der Waals surface area (Å²) in [5.74, 6) is 0. The molecule has 1 unspecified atom stereocenters. The van der Waals surface area contributed by atoms with Gasteiger partial charge in [0.15, 0.2) is 0 Å². The van der Waals surface area contributed by atoms with E-state index < -0.39 is 0 Å². The number of hydrogen-bond donors (Lipinski definition) is 1. The summed E-state index contributed by atoms with van der Waals surface area (Å²) in [4.78, 5) is 4.61. The first-order valence-corrected chi connectivity index (χ1v) is 7.54. The van der Waals surface area contributed by atoms with Crippen molar-refractivity contribution in [1.29, 1.82) is 0 Å². The van der Waals surface area contributed by atoms with E-state index in [-0.39, 0.29) is 6.10 Å². The highest BCUT2D eigenvalue weighted by atomic mass is 16.3. The summed E-state index contributed by atoms with van der Waals surface area (Å²) >= 11 is 0. The molecule has 0 bridgehead atoms. The van der Waals surface area contributed by atoms with Crippen LogP contribution in [0, 0.1) is 0 Å². The maximum absolute atomic E-state index is 9.21. The van der Waals surface area contributed by atoms with E-state index in [4.69, 9.17) is 0 Å². The van der Waals surface area contributed by atoms with Crippen LogP contribution in [0.1, 0.15) is 37.4 Å². The quantitative estimate of drug-likeness (QED) is 0.597. The van der Waals surface area contributed by atoms with Crippen molar-refractivity contribution in [1.82, 2.24) is 4.98 Å². The van der Waals surface area contributed by atoms with Crippen LogP contribution in [0.3, 0.4) is 0 Å². The minimum Gasteiger partial charge on any atom is -0.393 e. The zero-order chi connectivity index (χ0) is 15.1. The zero-order valence-corrected chi connectivity index (χ0v) is 12.6. The molecule has 2 aromatic rings. The van der Waals surface area contributed by atoms with Crippen molar-refractivity contribution < 1.29 is 5.11 Å². The van der Waals surface area contributed by atoms with Gasteiger partial charge in [-0.05, 0) is 49.9 Å². The van der Waals surface area contributed by atoms with Gasteiger partial charge in [0.05, 0.1) is 11.6 Å². The number of pyridine rings is 1. The van der Waals surface area contributed by atoms with Crippen LogP contribution in [0.4, 0.5) is 0 Å². The molecular formula is C19H23NO. The van der Waals surface area contributed by atoms with Crippen molar-refractivity contribution in [2.75, 3.05) is 0 Å². The Hall–Kier alpha value is -1.93. The Bertz CT molecular complexity index is 628. The largest absolute Gasteiger partial charge is 0.393 e. The number of aromatic nitrogens is 1. The van der Waals surface area contributed by atoms with Crippen molar-refractivity contribution in [3.05, 3.63) is 60.3 Å². The molecule has 1 atom stereocenters. The van der Waals surface area contributed by atoms with Crippen molar-refractivity contribution in [2.24, 2.45) is 0 Å². The fourth-order valence-electron chi connectivity index (χ4n) is 2.30. The van der Waals surface area contributed by atoms with Gasteiger partial charge in [0.1, 0.15) is 0 Å². The Morgan fingerprint density at radius 1 is 1.29 bits per heavy atom. The van der Waals surface area contributed by atoms with Gasteiger partial charge in [-0.3, -0.25) is 4.98 Å². The predicted octanol–water partition coefficient (Wildman–Crippen LogP) is 4.53. The lowest BCUT2D eigenvalue weighted by Gasteiger charge is -2.02. The third-order valence-electron chi connectivity index (χ3n) is 3.43. The van der Waals surface area contributed by atoms with Crippen LogP contribution in [0.15, 0.2) is 49.1 Å². The Morgan fingerprint density at radius 3 is 2.90 bits per heavy atom. The molecule has 2 rings (SSSR count). The number of nitrogens with zero attached hydrogens (tertiary/aromatic N) is 1. The van der Waals surface area contributed by atoms with E-state index in [1.807, 2.05) is 13.0 Å². The summed E-state index contributed by atoms with van der Waals surface area (Å²) in [6, 6.07) is 10.5. The summed E-state index contributed by atoms with van der Waals surface area (Å²) in [5, 5.41) is 10.4. The minimum absolute atomic E-state index is 0.199. The molecule has 2 nitrogen and oxygen atoms in total. The second kappa shape index (κ2) is 7.75. The fraction of sp³-hybridized carbons (Fsp3) is 0.316. The smallest absolute Gasteiger partial charge is 0.0705 e. The molecule has 0 radical (unpaired) electrons. The number of fused-ring (bicyclic) bond motifs is 1. The van der Waals surface area contributed by atoms with Crippen LogP contribution in [0.2, 0.25) is 0 Å². The van der Waals surface area contributed by atoms with E-state index >= 15 is 0 Å². The van der Waals surface area contributed by atoms with E-state index in [9.17, 15) is 5.11 Å². The summed E-state index contributed by atoms with van der Waals surface area (Å²) < 4.78 is 0. The molecule has 0 amide bonds. The van der Waals surface area contributed by atoms with E-state index in [2.05, 4.69) is 54.0 Å². The van der Waals surface area contributed by atoms with E-state index in [0.717, 1.165) is 42.3 Å². The van der Waals surface area contributed by atoms with Crippen molar-refractivity contribution >= 4 is 17.0 Å². The molecular weight excluding hydrogens is 258 g/mol. The first-order chi connectivity index (χ1) is 10.2. The first-order valence-electron chi connectivity index (χ1n) is 7.54. The summed E-state index contributed by atoms with van der Waals surface area (Å²) in [6.45, 7) is 5.58. The standard InChI is InChI=1S/C19H23NO/c1-3-7-18-12-11-17-14-16(10-13-19(17)20-18)9-6-4-5-8-15(2)21/h3,6,9-15,21H,1,4-5,7-8H2,2H3. The second-order valence-electron chi connectivity index (χ2n) is 5.43. The molecule has 0 spiro atoms. The molecule has 1 aromatic carbocycles. The van der Waals surface area contributed by atoms with Crippen LogP contribution in [0.25, 0.3) is 17.0 Å². The molecule has 0 aliphatic rings. The van der Waals surface area contributed by atoms with E-state index in [1.165, 1.54) is 5.56 Å². The van der Waals surface area contributed by atoms with E-state index in [0.29, 0.717) is 0 Å². The average molecular weight is 281 g/mol.